The summed E-state index contributed by atoms with van der Waals surface area (Å²) < 4.78 is 3.68. The average Bonchev–Trinajstić information content (AvgIpc) is 3.48. The number of aromatic nitrogens is 5. The topological polar surface area (TPSA) is 77.6 Å². The Hall–Kier alpha value is -4.17. The molecule has 0 saturated carbocycles. The van der Waals surface area contributed by atoms with Crippen molar-refractivity contribution in [3.8, 4) is 16.9 Å². The van der Waals surface area contributed by atoms with E-state index in [0.29, 0.717) is 16.9 Å². The average molecular weight is 453 g/mol. The zero-order chi connectivity index (χ0) is 22.6. The summed E-state index contributed by atoms with van der Waals surface area (Å²) in [7, 11) is 1.96. The molecule has 0 aliphatic carbocycles. The molecule has 7 nitrogen and oxygen atoms in total. The van der Waals surface area contributed by atoms with E-state index in [9.17, 15) is 4.79 Å². The van der Waals surface area contributed by atoms with Gasteiger partial charge in [-0.25, -0.2) is 9.67 Å². The van der Waals surface area contributed by atoms with E-state index in [1.807, 2.05) is 84.5 Å². The molecule has 0 aliphatic rings. The van der Waals surface area contributed by atoms with Gasteiger partial charge >= 0.3 is 0 Å². The van der Waals surface area contributed by atoms with Crippen molar-refractivity contribution in [2.75, 3.05) is 5.32 Å². The van der Waals surface area contributed by atoms with Crippen LogP contribution in [0, 0.1) is 0 Å². The first-order valence-corrected chi connectivity index (χ1v) is 11.1. The first-order valence-electron chi connectivity index (χ1n) is 10.3. The number of hydrogen-bond donors (Lipinski definition) is 1. The lowest BCUT2D eigenvalue weighted by molar-refractivity contribution is 0.102. The van der Waals surface area contributed by atoms with Crippen LogP contribution in [0.3, 0.4) is 0 Å². The number of hydrogen-bond acceptors (Lipinski definition) is 5. The molecule has 162 valence electrons. The lowest BCUT2D eigenvalue weighted by Crippen LogP contribution is -2.12. The maximum Gasteiger partial charge on any atom is 0.259 e. The molecule has 0 fully saturated rings. The number of pyridine rings is 1. The van der Waals surface area contributed by atoms with Gasteiger partial charge in [-0.2, -0.15) is 5.10 Å². The first kappa shape index (κ1) is 20.7. The van der Waals surface area contributed by atoms with Gasteiger partial charge in [0.1, 0.15) is 5.69 Å². The molecule has 1 amide bonds. The molecule has 0 spiro atoms. The maximum absolute atomic E-state index is 13.2. The van der Waals surface area contributed by atoms with Gasteiger partial charge in [-0.1, -0.05) is 30.0 Å². The highest BCUT2D eigenvalue weighted by Gasteiger charge is 2.19. The highest BCUT2D eigenvalue weighted by molar-refractivity contribution is 7.99. The van der Waals surface area contributed by atoms with Gasteiger partial charge in [-0.3, -0.25) is 9.78 Å². The number of amides is 1. The fourth-order valence-corrected chi connectivity index (χ4v) is 4.13. The van der Waals surface area contributed by atoms with Crippen LogP contribution in [0.25, 0.3) is 16.9 Å². The summed E-state index contributed by atoms with van der Waals surface area (Å²) in [6, 6.07) is 21.1. The SMILES string of the molecule is Cn1ccnc1Sc1ccc(NC(=O)c2cn(-c3ccccc3)nc2-c2cccnc2)cc1. The number of rotatable bonds is 6. The third-order valence-electron chi connectivity index (χ3n) is 5.01. The van der Waals surface area contributed by atoms with Gasteiger partial charge in [0.25, 0.3) is 5.91 Å². The van der Waals surface area contributed by atoms with Crippen molar-refractivity contribution in [1.82, 2.24) is 24.3 Å². The van der Waals surface area contributed by atoms with Crippen molar-refractivity contribution >= 4 is 23.4 Å². The van der Waals surface area contributed by atoms with Gasteiger partial charge in [0.15, 0.2) is 5.16 Å². The van der Waals surface area contributed by atoms with Gasteiger partial charge in [0.05, 0.1) is 11.3 Å². The Balaban J connectivity index is 1.41. The second-order valence-electron chi connectivity index (χ2n) is 7.31. The van der Waals surface area contributed by atoms with Crippen molar-refractivity contribution in [2.24, 2.45) is 7.05 Å². The predicted molar refractivity (Wildman–Crippen MR) is 129 cm³/mol. The summed E-state index contributed by atoms with van der Waals surface area (Å²) in [5, 5.41) is 8.57. The van der Waals surface area contributed by atoms with Crippen LogP contribution in [0.15, 0.2) is 108 Å². The smallest absolute Gasteiger partial charge is 0.259 e. The lowest BCUT2D eigenvalue weighted by atomic mass is 10.1. The summed E-state index contributed by atoms with van der Waals surface area (Å²) in [5.41, 5.74) is 3.40. The minimum Gasteiger partial charge on any atom is -0.329 e. The number of nitrogens with zero attached hydrogens (tertiary/aromatic N) is 5. The molecule has 5 rings (SSSR count). The van der Waals surface area contributed by atoms with Crippen molar-refractivity contribution < 1.29 is 4.79 Å². The molecule has 5 aromatic rings. The second-order valence-corrected chi connectivity index (χ2v) is 8.36. The molecule has 3 aromatic heterocycles. The van der Waals surface area contributed by atoms with Crippen molar-refractivity contribution in [3.63, 3.8) is 0 Å². The third kappa shape index (κ3) is 4.56. The van der Waals surface area contributed by atoms with Gasteiger partial charge in [-0.05, 0) is 48.5 Å². The molecule has 2 aromatic carbocycles. The fraction of sp³-hybridized carbons (Fsp3) is 0.0400. The van der Waals surface area contributed by atoms with Crippen LogP contribution < -0.4 is 5.32 Å². The van der Waals surface area contributed by atoms with Crippen LogP contribution >= 0.6 is 11.8 Å². The van der Waals surface area contributed by atoms with E-state index < -0.39 is 0 Å². The quantitative estimate of drug-likeness (QED) is 0.389. The van der Waals surface area contributed by atoms with Crippen molar-refractivity contribution in [3.05, 3.63) is 103 Å². The normalized spacial score (nSPS) is 10.8. The number of aryl methyl sites for hydroxylation is 1. The monoisotopic (exact) mass is 452 g/mol. The summed E-state index contributed by atoms with van der Waals surface area (Å²) in [5.74, 6) is -0.236. The van der Waals surface area contributed by atoms with Gasteiger partial charge < -0.3 is 9.88 Å². The molecule has 1 N–H and O–H groups in total. The summed E-state index contributed by atoms with van der Waals surface area (Å²) in [6.07, 6.45) is 8.83. The predicted octanol–water partition coefficient (Wildman–Crippen LogP) is 5.07. The number of benzene rings is 2. The van der Waals surface area contributed by atoms with Crippen molar-refractivity contribution in [2.45, 2.75) is 10.1 Å². The molecule has 0 unspecified atom stereocenters. The first-order chi connectivity index (χ1) is 16.2. The van der Waals surface area contributed by atoms with Crippen molar-refractivity contribution in [1.29, 1.82) is 0 Å². The summed E-state index contributed by atoms with van der Waals surface area (Å²) in [4.78, 5) is 22.8. The van der Waals surface area contributed by atoms with E-state index in [4.69, 9.17) is 0 Å². The number of anilines is 1. The van der Waals surface area contributed by atoms with E-state index in [-0.39, 0.29) is 5.91 Å². The van der Waals surface area contributed by atoms with E-state index in [0.717, 1.165) is 21.3 Å². The molecule has 0 aliphatic heterocycles. The van der Waals surface area contributed by atoms with E-state index in [1.54, 1.807) is 41.2 Å². The van der Waals surface area contributed by atoms with Crippen LogP contribution in [0.1, 0.15) is 10.4 Å². The van der Waals surface area contributed by atoms with E-state index in [2.05, 4.69) is 20.4 Å². The van der Waals surface area contributed by atoms with Crippen LogP contribution in [-0.2, 0) is 7.05 Å². The molecule has 0 radical (unpaired) electrons. The van der Waals surface area contributed by atoms with Crippen LogP contribution in [0.2, 0.25) is 0 Å². The molecular formula is C25H20N6OS. The Labute approximate surface area is 195 Å². The molecule has 0 atom stereocenters. The van der Waals surface area contributed by atoms with Gasteiger partial charge in [0.2, 0.25) is 0 Å². The zero-order valence-corrected chi connectivity index (χ0v) is 18.6. The number of imidazole rings is 1. The van der Waals surface area contributed by atoms with Crippen LogP contribution in [-0.4, -0.2) is 30.2 Å². The largest absolute Gasteiger partial charge is 0.329 e. The highest BCUT2D eigenvalue weighted by atomic mass is 32.2. The van der Waals surface area contributed by atoms with Gasteiger partial charge in [-0.15, -0.1) is 0 Å². The number of carbonyl (C=O) groups excluding carboxylic acids is 1. The number of carbonyl (C=O) groups is 1. The second kappa shape index (κ2) is 9.13. The maximum atomic E-state index is 13.2. The van der Waals surface area contributed by atoms with E-state index in [1.165, 1.54) is 0 Å². The number of nitrogens with one attached hydrogen (secondary N) is 1. The Morgan fingerprint density at radius 1 is 0.970 bits per heavy atom. The standard InChI is InChI=1S/C25H20N6OS/c1-30-15-14-27-25(30)33-21-11-9-19(10-12-21)28-24(32)22-17-31(20-7-3-2-4-8-20)29-23(22)18-6-5-13-26-16-18/h2-17H,1H3,(H,28,32). The molecule has 33 heavy (non-hydrogen) atoms. The Morgan fingerprint density at radius 2 is 1.79 bits per heavy atom. The Kier molecular flexibility index (Phi) is 5.73. The summed E-state index contributed by atoms with van der Waals surface area (Å²) in [6.45, 7) is 0. The molecule has 0 saturated heterocycles. The summed E-state index contributed by atoms with van der Waals surface area (Å²) >= 11 is 1.56. The third-order valence-corrected chi connectivity index (χ3v) is 6.10. The van der Waals surface area contributed by atoms with Crippen LogP contribution in [0.4, 0.5) is 5.69 Å². The minimum absolute atomic E-state index is 0.236. The van der Waals surface area contributed by atoms with Crippen LogP contribution in [0.5, 0.6) is 0 Å². The zero-order valence-electron chi connectivity index (χ0n) is 17.8. The molecule has 0 bridgehead atoms. The molecule has 8 heteroatoms. The molecular weight excluding hydrogens is 432 g/mol. The van der Waals surface area contributed by atoms with Gasteiger partial charge in [0, 0.05) is 54.2 Å². The fourth-order valence-electron chi connectivity index (χ4n) is 3.33. The number of para-hydroxylation sites is 1. The lowest BCUT2D eigenvalue weighted by Gasteiger charge is -2.07. The minimum atomic E-state index is -0.236. The molecule has 3 heterocycles. The highest BCUT2D eigenvalue weighted by Crippen LogP contribution is 2.28. The Morgan fingerprint density at radius 3 is 2.48 bits per heavy atom. The Bertz CT molecular complexity index is 1380. The van der Waals surface area contributed by atoms with E-state index >= 15 is 0 Å².